The molecule has 3 N–H and O–H groups in total. The van der Waals surface area contributed by atoms with Crippen LogP contribution >= 0.6 is 0 Å². The number of rotatable bonds is 6. The zero-order chi connectivity index (χ0) is 13.7. The van der Waals surface area contributed by atoms with Crippen LogP contribution in [0.1, 0.15) is 23.2 Å². The summed E-state index contributed by atoms with van der Waals surface area (Å²) < 4.78 is 5.04. The molecule has 1 aliphatic rings. The van der Waals surface area contributed by atoms with E-state index >= 15 is 0 Å². The molecule has 1 heterocycles. The van der Waals surface area contributed by atoms with Crippen molar-refractivity contribution < 1.29 is 9.53 Å². The van der Waals surface area contributed by atoms with Crippen LogP contribution in [-0.2, 0) is 22.4 Å². The molecule has 0 saturated carbocycles. The van der Waals surface area contributed by atoms with Crippen LogP contribution in [0.3, 0.4) is 0 Å². The highest BCUT2D eigenvalue weighted by Crippen LogP contribution is 2.24. The zero-order valence-corrected chi connectivity index (χ0v) is 10.6. The SMILES string of the molecule is N#Cc1cc2c(nc1NCCOCC(N)=O)CCC2. The van der Waals surface area contributed by atoms with Crippen molar-refractivity contribution in [3.8, 4) is 6.07 Å². The van der Waals surface area contributed by atoms with Gasteiger partial charge in [-0.1, -0.05) is 0 Å². The molecule has 1 amide bonds. The van der Waals surface area contributed by atoms with Gasteiger partial charge in [-0.25, -0.2) is 4.98 Å². The Labute approximate surface area is 111 Å². The Morgan fingerprint density at radius 1 is 1.58 bits per heavy atom. The summed E-state index contributed by atoms with van der Waals surface area (Å²) in [7, 11) is 0. The molecular weight excluding hydrogens is 244 g/mol. The minimum atomic E-state index is -0.492. The summed E-state index contributed by atoms with van der Waals surface area (Å²) in [6.45, 7) is 0.727. The highest BCUT2D eigenvalue weighted by Gasteiger charge is 2.16. The molecule has 1 aliphatic carbocycles. The lowest BCUT2D eigenvalue weighted by Crippen LogP contribution is -2.21. The number of primary amides is 1. The van der Waals surface area contributed by atoms with Gasteiger partial charge in [0.15, 0.2) is 0 Å². The molecule has 1 aromatic heterocycles. The summed E-state index contributed by atoms with van der Waals surface area (Å²) in [6, 6.07) is 4.05. The first-order chi connectivity index (χ1) is 9.20. The number of aromatic nitrogens is 1. The lowest BCUT2D eigenvalue weighted by molar-refractivity contribution is -0.122. The Kier molecular flexibility index (Phi) is 4.31. The van der Waals surface area contributed by atoms with Gasteiger partial charge in [0.2, 0.25) is 5.91 Å². The van der Waals surface area contributed by atoms with E-state index in [0.29, 0.717) is 24.5 Å². The predicted octanol–water partition coefficient (Wildman–Crippen LogP) is 0.356. The number of anilines is 1. The number of carbonyl (C=O) groups is 1. The van der Waals surface area contributed by atoms with Crippen molar-refractivity contribution in [2.45, 2.75) is 19.3 Å². The van der Waals surface area contributed by atoms with Crippen molar-refractivity contribution >= 4 is 11.7 Å². The van der Waals surface area contributed by atoms with Crippen LogP contribution in [-0.4, -0.2) is 30.6 Å². The molecule has 0 bridgehead atoms. The Morgan fingerprint density at radius 2 is 2.42 bits per heavy atom. The molecule has 1 aromatic rings. The number of nitrogens with one attached hydrogen (secondary N) is 1. The molecule has 6 heteroatoms. The van der Waals surface area contributed by atoms with E-state index in [2.05, 4.69) is 16.4 Å². The summed E-state index contributed by atoms with van der Waals surface area (Å²) in [6.07, 6.45) is 3.06. The summed E-state index contributed by atoms with van der Waals surface area (Å²) in [4.78, 5) is 15.0. The standard InChI is InChI=1S/C13H16N4O2/c14-7-10-6-9-2-1-3-11(9)17-13(10)16-4-5-19-8-12(15)18/h6H,1-5,8H2,(H2,15,18)(H,16,17). The minimum absolute atomic E-state index is 0.0929. The number of amides is 1. The molecule has 100 valence electrons. The van der Waals surface area contributed by atoms with Gasteiger partial charge < -0.3 is 15.8 Å². The summed E-state index contributed by atoms with van der Waals surface area (Å²) in [5, 5.41) is 12.2. The third-order valence-electron chi connectivity index (χ3n) is 2.95. The number of fused-ring (bicyclic) bond motifs is 1. The van der Waals surface area contributed by atoms with Crippen LogP contribution in [0.5, 0.6) is 0 Å². The van der Waals surface area contributed by atoms with Gasteiger partial charge in [0.05, 0.1) is 12.2 Å². The van der Waals surface area contributed by atoms with Gasteiger partial charge in [0, 0.05) is 12.2 Å². The molecule has 6 nitrogen and oxygen atoms in total. The molecule has 0 spiro atoms. The van der Waals surface area contributed by atoms with Gasteiger partial charge in [-0.05, 0) is 30.9 Å². The Hall–Kier alpha value is -2.13. The van der Waals surface area contributed by atoms with E-state index in [1.165, 1.54) is 5.56 Å². The Balaban J connectivity index is 1.93. The average Bonchev–Trinajstić information content (AvgIpc) is 2.83. The second kappa shape index (κ2) is 6.16. The van der Waals surface area contributed by atoms with Gasteiger partial charge in [0.1, 0.15) is 18.5 Å². The molecule has 0 radical (unpaired) electrons. The first-order valence-corrected chi connectivity index (χ1v) is 6.23. The second-order valence-corrected chi connectivity index (χ2v) is 4.40. The topological polar surface area (TPSA) is 101 Å². The van der Waals surface area contributed by atoms with Crippen LogP contribution in [0, 0.1) is 11.3 Å². The van der Waals surface area contributed by atoms with E-state index in [0.717, 1.165) is 25.0 Å². The maximum Gasteiger partial charge on any atom is 0.243 e. The number of nitrogens with zero attached hydrogens (tertiary/aromatic N) is 2. The van der Waals surface area contributed by atoms with Crippen LogP contribution in [0.2, 0.25) is 0 Å². The third kappa shape index (κ3) is 3.42. The number of ether oxygens (including phenoxy) is 1. The first kappa shape index (κ1) is 13.3. The fourth-order valence-electron chi connectivity index (χ4n) is 2.11. The van der Waals surface area contributed by atoms with E-state index in [4.69, 9.17) is 15.7 Å². The molecule has 0 aromatic carbocycles. The van der Waals surface area contributed by atoms with Gasteiger partial charge in [-0.15, -0.1) is 0 Å². The van der Waals surface area contributed by atoms with E-state index < -0.39 is 5.91 Å². The Morgan fingerprint density at radius 3 is 3.16 bits per heavy atom. The van der Waals surface area contributed by atoms with Gasteiger partial charge in [0.25, 0.3) is 0 Å². The number of hydrogen-bond donors (Lipinski definition) is 2. The quantitative estimate of drug-likeness (QED) is 0.719. The number of hydrogen-bond acceptors (Lipinski definition) is 5. The molecule has 0 fully saturated rings. The summed E-state index contributed by atoms with van der Waals surface area (Å²) in [5.74, 6) is 0.0965. The molecule has 0 unspecified atom stereocenters. The molecule has 0 atom stereocenters. The predicted molar refractivity (Wildman–Crippen MR) is 69.5 cm³/mol. The van der Waals surface area contributed by atoms with Crippen LogP contribution in [0.25, 0.3) is 0 Å². The smallest absolute Gasteiger partial charge is 0.243 e. The van der Waals surface area contributed by atoms with Gasteiger partial charge in [-0.2, -0.15) is 5.26 Å². The second-order valence-electron chi connectivity index (χ2n) is 4.40. The zero-order valence-electron chi connectivity index (χ0n) is 10.6. The van der Waals surface area contributed by atoms with Crippen LogP contribution < -0.4 is 11.1 Å². The monoisotopic (exact) mass is 260 g/mol. The van der Waals surface area contributed by atoms with Crippen LogP contribution in [0.15, 0.2) is 6.07 Å². The lowest BCUT2D eigenvalue weighted by atomic mass is 10.1. The largest absolute Gasteiger partial charge is 0.370 e. The van der Waals surface area contributed by atoms with Crippen molar-refractivity contribution in [3.05, 3.63) is 22.9 Å². The maximum atomic E-state index is 10.5. The molecule has 19 heavy (non-hydrogen) atoms. The molecule has 2 rings (SSSR count). The number of aryl methyl sites for hydroxylation is 2. The molecule has 0 aliphatic heterocycles. The van der Waals surface area contributed by atoms with Crippen LogP contribution in [0.4, 0.5) is 5.82 Å². The van der Waals surface area contributed by atoms with Crippen molar-refractivity contribution in [2.75, 3.05) is 25.1 Å². The number of nitrogens with two attached hydrogens (primary N) is 1. The average molecular weight is 260 g/mol. The van der Waals surface area contributed by atoms with Crippen molar-refractivity contribution in [2.24, 2.45) is 5.73 Å². The minimum Gasteiger partial charge on any atom is -0.370 e. The van der Waals surface area contributed by atoms with Crippen molar-refractivity contribution in [1.29, 1.82) is 5.26 Å². The van der Waals surface area contributed by atoms with Gasteiger partial charge >= 0.3 is 0 Å². The fraction of sp³-hybridized carbons (Fsp3) is 0.462. The van der Waals surface area contributed by atoms with Crippen molar-refractivity contribution in [1.82, 2.24) is 4.98 Å². The first-order valence-electron chi connectivity index (χ1n) is 6.23. The molecule has 0 saturated heterocycles. The highest BCUT2D eigenvalue weighted by molar-refractivity contribution is 5.74. The van der Waals surface area contributed by atoms with E-state index in [1.807, 2.05) is 6.07 Å². The number of nitriles is 1. The summed E-state index contributed by atoms with van der Waals surface area (Å²) >= 11 is 0. The normalized spacial score (nSPS) is 12.8. The van der Waals surface area contributed by atoms with E-state index in [-0.39, 0.29) is 6.61 Å². The van der Waals surface area contributed by atoms with Crippen molar-refractivity contribution in [3.63, 3.8) is 0 Å². The number of pyridine rings is 1. The third-order valence-corrected chi connectivity index (χ3v) is 2.95. The van der Waals surface area contributed by atoms with E-state index in [1.54, 1.807) is 0 Å². The van der Waals surface area contributed by atoms with Gasteiger partial charge in [-0.3, -0.25) is 4.79 Å². The van der Waals surface area contributed by atoms with E-state index in [9.17, 15) is 4.79 Å². The Bertz CT molecular complexity index is 522. The fourth-order valence-corrected chi connectivity index (χ4v) is 2.11. The number of carbonyl (C=O) groups excluding carboxylic acids is 1. The summed E-state index contributed by atoms with van der Waals surface area (Å²) in [5.41, 5.74) is 7.75. The highest BCUT2D eigenvalue weighted by atomic mass is 16.5. The maximum absolute atomic E-state index is 10.5. The lowest BCUT2D eigenvalue weighted by Gasteiger charge is -2.09. The molecular formula is C13H16N4O2.